The van der Waals surface area contributed by atoms with Crippen LogP contribution in [0.2, 0.25) is 5.02 Å². The van der Waals surface area contributed by atoms with Crippen LogP contribution in [0.5, 0.6) is 0 Å². The summed E-state index contributed by atoms with van der Waals surface area (Å²) in [5, 5.41) is 0.764. The van der Waals surface area contributed by atoms with Gasteiger partial charge in [0.2, 0.25) is 0 Å². The average molecular weight is 228 g/mol. The van der Waals surface area contributed by atoms with Gasteiger partial charge in [-0.15, -0.1) is 0 Å². The van der Waals surface area contributed by atoms with E-state index in [1.165, 1.54) is 5.56 Å². The van der Waals surface area contributed by atoms with E-state index in [0.717, 1.165) is 18.1 Å². The lowest BCUT2D eigenvalue weighted by Gasteiger charge is -2.20. The first-order valence-corrected chi connectivity index (χ1v) is 5.38. The standard InChI is InChI=1S/C11H18ClN3/c1-15(8-11(14)6-13)7-9-2-4-10(12)5-3-9/h2-5,11H,6-8,13-14H2,1H3. The number of halogens is 1. The maximum absolute atomic E-state index is 5.80. The van der Waals surface area contributed by atoms with E-state index in [1.54, 1.807) is 0 Å². The van der Waals surface area contributed by atoms with E-state index in [4.69, 9.17) is 23.1 Å². The van der Waals surface area contributed by atoms with Crippen molar-refractivity contribution in [2.24, 2.45) is 11.5 Å². The highest BCUT2D eigenvalue weighted by Gasteiger charge is 2.05. The maximum atomic E-state index is 5.80. The molecule has 84 valence electrons. The number of benzene rings is 1. The molecule has 4 N–H and O–H groups in total. The van der Waals surface area contributed by atoms with Gasteiger partial charge in [0, 0.05) is 30.7 Å². The lowest BCUT2D eigenvalue weighted by molar-refractivity contribution is 0.305. The maximum Gasteiger partial charge on any atom is 0.0406 e. The topological polar surface area (TPSA) is 55.3 Å². The normalized spacial score (nSPS) is 13.1. The van der Waals surface area contributed by atoms with Gasteiger partial charge in [0.25, 0.3) is 0 Å². The van der Waals surface area contributed by atoms with Crippen molar-refractivity contribution in [3.05, 3.63) is 34.9 Å². The molecule has 0 aromatic heterocycles. The first kappa shape index (κ1) is 12.5. The molecule has 1 aromatic rings. The molecule has 0 saturated carbocycles. The molecule has 0 saturated heterocycles. The molecule has 0 radical (unpaired) electrons. The molecule has 0 fully saturated rings. The van der Waals surface area contributed by atoms with Gasteiger partial charge in [-0.1, -0.05) is 23.7 Å². The first-order chi connectivity index (χ1) is 7.11. The predicted octanol–water partition coefficient (Wildman–Crippen LogP) is 1.06. The molecule has 3 nitrogen and oxygen atoms in total. The van der Waals surface area contributed by atoms with Crippen LogP contribution in [-0.2, 0) is 6.54 Å². The Balaban J connectivity index is 2.44. The van der Waals surface area contributed by atoms with Gasteiger partial charge in [-0.25, -0.2) is 0 Å². The van der Waals surface area contributed by atoms with Gasteiger partial charge >= 0.3 is 0 Å². The second-order valence-corrected chi connectivity index (χ2v) is 4.26. The highest BCUT2D eigenvalue weighted by Crippen LogP contribution is 2.10. The highest BCUT2D eigenvalue weighted by molar-refractivity contribution is 6.30. The smallest absolute Gasteiger partial charge is 0.0406 e. The van der Waals surface area contributed by atoms with Crippen LogP contribution in [0.3, 0.4) is 0 Å². The fourth-order valence-corrected chi connectivity index (χ4v) is 1.57. The van der Waals surface area contributed by atoms with Crippen molar-refractivity contribution in [1.29, 1.82) is 0 Å². The second kappa shape index (κ2) is 6.08. The first-order valence-electron chi connectivity index (χ1n) is 5.00. The van der Waals surface area contributed by atoms with Crippen LogP contribution in [0.4, 0.5) is 0 Å². The summed E-state index contributed by atoms with van der Waals surface area (Å²) >= 11 is 5.80. The zero-order valence-corrected chi connectivity index (χ0v) is 9.74. The molecule has 1 atom stereocenters. The average Bonchev–Trinajstić information content (AvgIpc) is 2.21. The van der Waals surface area contributed by atoms with Gasteiger partial charge < -0.3 is 16.4 Å². The van der Waals surface area contributed by atoms with Crippen molar-refractivity contribution >= 4 is 11.6 Å². The van der Waals surface area contributed by atoms with Crippen molar-refractivity contribution in [2.75, 3.05) is 20.1 Å². The van der Waals surface area contributed by atoms with Crippen LogP contribution < -0.4 is 11.5 Å². The molecule has 1 rings (SSSR count). The minimum Gasteiger partial charge on any atom is -0.329 e. The van der Waals surface area contributed by atoms with Crippen LogP contribution in [0, 0.1) is 0 Å². The van der Waals surface area contributed by atoms with Gasteiger partial charge in [-0.2, -0.15) is 0 Å². The van der Waals surface area contributed by atoms with Crippen LogP contribution in [0.25, 0.3) is 0 Å². The van der Waals surface area contributed by atoms with Gasteiger partial charge in [0.05, 0.1) is 0 Å². The summed E-state index contributed by atoms with van der Waals surface area (Å²) in [5.41, 5.74) is 12.5. The molecule has 0 amide bonds. The fraction of sp³-hybridized carbons (Fsp3) is 0.455. The molecule has 0 aliphatic heterocycles. The van der Waals surface area contributed by atoms with Gasteiger partial charge in [-0.3, -0.25) is 0 Å². The molecule has 0 aliphatic rings. The van der Waals surface area contributed by atoms with E-state index >= 15 is 0 Å². The number of nitrogens with zero attached hydrogens (tertiary/aromatic N) is 1. The molecule has 0 aliphatic carbocycles. The molecular formula is C11H18ClN3. The third kappa shape index (κ3) is 4.62. The van der Waals surface area contributed by atoms with E-state index < -0.39 is 0 Å². The van der Waals surface area contributed by atoms with Crippen molar-refractivity contribution in [3.8, 4) is 0 Å². The Hall–Kier alpha value is -0.610. The molecule has 15 heavy (non-hydrogen) atoms. The van der Waals surface area contributed by atoms with E-state index in [2.05, 4.69) is 4.90 Å². The molecule has 0 heterocycles. The van der Waals surface area contributed by atoms with Gasteiger partial charge in [-0.05, 0) is 24.7 Å². The third-order valence-corrected chi connectivity index (χ3v) is 2.47. The molecule has 0 spiro atoms. The SMILES string of the molecule is CN(Cc1ccc(Cl)cc1)CC(N)CN. The predicted molar refractivity (Wildman–Crippen MR) is 64.8 cm³/mol. The summed E-state index contributed by atoms with van der Waals surface area (Å²) in [6.45, 7) is 2.19. The number of rotatable bonds is 5. The third-order valence-electron chi connectivity index (χ3n) is 2.21. The molecule has 1 aromatic carbocycles. The molecule has 0 bridgehead atoms. The largest absolute Gasteiger partial charge is 0.329 e. The Morgan fingerprint density at radius 2 is 1.93 bits per heavy atom. The van der Waals surface area contributed by atoms with E-state index in [-0.39, 0.29) is 6.04 Å². The zero-order valence-electron chi connectivity index (χ0n) is 8.99. The summed E-state index contributed by atoms with van der Waals surface area (Å²) in [6, 6.07) is 7.88. The fourth-order valence-electron chi connectivity index (χ4n) is 1.44. The molecule has 1 unspecified atom stereocenters. The number of likely N-dealkylation sites (N-methyl/N-ethyl adjacent to an activating group) is 1. The number of hydrogen-bond donors (Lipinski definition) is 2. The minimum atomic E-state index is 0.0438. The summed E-state index contributed by atoms with van der Waals surface area (Å²) < 4.78 is 0. The molecule has 4 heteroatoms. The number of nitrogens with two attached hydrogens (primary N) is 2. The molecular weight excluding hydrogens is 210 g/mol. The van der Waals surface area contributed by atoms with Crippen molar-refractivity contribution in [1.82, 2.24) is 4.90 Å². The van der Waals surface area contributed by atoms with Crippen LogP contribution >= 0.6 is 11.6 Å². The summed E-state index contributed by atoms with van der Waals surface area (Å²) in [7, 11) is 2.03. The highest BCUT2D eigenvalue weighted by atomic mass is 35.5. The zero-order chi connectivity index (χ0) is 11.3. The Bertz CT molecular complexity index is 286. The van der Waals surface area contributed by atoms with Crippen molar-refractivity contribution < 1.29 is 0 Å². The Kier molecular flexibility index (Phi) is 5.05. The van der Waals surface area contributed by atoms with Crippen molar-refractivity contribution in [2.45, 2.75) is 12.6 Å². The number of hydrogen-bond acceptors (Lipinski definition) is 3. The van der Waals surface area contributed by atoms with Crippen LogP contribution in [-0.4, -0.2) is 31.1 Å². The van der Waals surface area contributed by atoms with E-state index in [1.807, 2.05) is 31.3 Å². The second-order valence-electron chi connectivity index (χ2n) is 3.82. The van der Waals surface area contributed by atoms with E-state index in [9.17, 15) is 0 Å². The summed E-state index contributed by atoms with van der Waals surface area (Å²) in [5.74, 6) is 0. The minimum absolute atomic E-state index is 0.0438. The monoisotopic (exact) mass is 227 g/mol. The van der Waals surface area contributed by atoms with Crippen molar-refractivity contribution in [3.63, 3.8) is 0 Å². The lowest BCUT2D eigenvalue weighted by atomic mass is 10.2. The summed E-state index contributed by atoms with van der Waals surface area (Å²) in [4.78, 5) is 2.15. The quantitative estimate of drug-likeness (QED) is 0.791. The van der Waals surface area contributed by atoms with E-state index in [0.29, 0.717) is 6.54 Å². The lowest BCUT2D eigenvalue weighted by Crippen LogP contribution is -2.40. The van der Waals surface area contributed by atoms with Gasteiger partial charge in [0.1, 0.15) is 0 Å². The van der Waals surface area contributed by atoms with Crippen LogP contribution in [0.1, 0.15) is 5.56 Å². The Labute approximate surface area is 96.0 Å². The Morgan fingerprint density at radius 1 is 1.33 bits per heavy atom. The summed E-state index contributed by atoms with van der Waals surface area (Å²) in [6.07, 6.45) is 0. The van der Waals surface area contributed by atoms with Crippen LogP contribution in [0.15, 0.2) is 24.3 Å². The van der Waals surface area contributed by atoms with Gasteiger partial charge in [0.15, 0.2) is 0 Å². The Morgan fingerprint density at radius 3 is 2.47 bits per heavy atom.